The summed E-state index contributed by atoms with van der Waals surface area (Å²) in [5.41, 5.74) is 6.39. The van der Waals surface area contributed by atoms with Crippen LogP contribution < -0.4 is 16.4 Å². The number of nitrogens with two attached hydrogens (primary N) is 1. The highest BCUT2D eigenvalue weighted by molar-refractivity contribution is 5.96. The molecule has 0 spiro atoms. The average Bonchev–Trinajstić information content (AvgIpc) is 2.59. The number of carbonyl (C=O) groups is 3. The van der Waals surface area contributed by atoms with Crippen LogP contribution in [0, 0.1) is 23.7 Å². The first kappa shape index (κ1) is 20.7. The Morgan fingerprint density at radius 3 is 2.27 bits per heavy atom. The number of hydrogen-bond donors (Lipinski definition) is 5. The fourth-order valence-corrected chi connectivity index (χ4v) is 2.24. The zero-order valence-electron chi connectivity index (χ0n) is 14.4. The summed E-state index contributed by atoms with van der Waals surface area (Å²) in [5.74, 6) is -0.634. The van der Waals surface area contributed by atoms with Crippen LogP contribution in [-0.2, 0) is 14.4 Å². The fourth-order valence-electron chi connectivity index (χ4n) is 2.24. The summed E-state index contributed by atoms with van der Waals surface area (Å²) in [7, 11) is 0. The molecule has 8 nitrogen and oxygen atoms in total. The first-order valence-electron chi connectivity index (χ1n) is 8.01. The van der Waals surface area contributed by atoms with Crippen LogP contribution in [0.2, 0.25) is 0 Å². The molecule has 1 aromatic rings. The third-order valence-corrected chi connectivity index (χ3v) is 3.71. The number of nitrogens with one attached hydrogen (secondary N) is 3. The van der Waals surface area contributed by atoms with Crippen LogP contribution >= 0.6 is 0 Å². The molecule has 6 N–H and O–H groups in total. The highest BCUT2D eigenvalue weighted by Gasteiger charge is 2.26. The van der Waals surface area contributed by atoms with Gasteiger partial charge in [0.2, 0.25) is 11.8 Å². The summed E-state index contributed by atoms with van der Waals surface area (Å²) in [6, 6.07) is 5.47. The smallest absolute Gasteiger partial charge is 0.309 e. The highest BCUT2D eigenvalue weighted by Crippen LogP contribution is 2.11. The maximum Gasteiger partial charge on any atom is 0.309 e. The molecule has 0 aliphatic rings. The van der Waals surface area contributed by atoms with Crippen molar-refractivity contribution >= 4 is 29.3 Å². The van der Waals surface area contributed by atoms with Crippen molar-refractivity contribution in [3.63, 3.8) is 0 Å². The summed E-state index contributed by atoms with van der Waals surface area (Å²) < 4.78 is 0. The molecule has 0 fully saturated rings. The van der Waals surface area contributed by atoms with Gasteiger partial charge in [0, 0.05) is 24.1 Å². The standard InChI is InChI=1S/C18H22N4O4/c1-3-13(18(25)26)14(4-2)22-16(24)10-9-15(23)21-12-7-5-11(6-8-12)17(19)20/h2,5-8,13-14H,3,9-10H2,1H3,(H3,19,20)(H,21,23)(H,22,24)(H,25,26)/t13?,14-/m1/s1. The van der Waals surface area contributed by atoms with Crippen molar-refractivity contribution < 1.29 is 19.5 Å². The molecule has 0 bridgehead atoms. The molecule has 1 rings (SSSR count). The van der Waals surface area contributed by atoms with E-state index in [1.165, 1.54) is 0 Å². The summed E-state index contributed by atoms with van der Waals surface area (Å²) in [6.45, 7) is 1.67. The number of benzene rings is 1. The number of anilines is 1. The number of aliphatic carboxylic acids is 1. The third kappa shape index (κ3) is 6.28. The number of amides is 2. The van der Waals surface area contributed by atoms with Gasteiger partial charge in [-0.2, -0.15) is 0 Å². The minimum Gasteiger partial charge on any atom is -0.481 e. The number of nitrogen functional groups attached to an aromatic ring is 1. The second kappa shape index (κ2) is 9.84. The number of terminal acetylenes is 1. The Morgan fingerprint density at radius 2 is 1.81 bits per heavy atom. The molecule has 0 saturated heterocycles. The van der Waals surface area contributed by atoms with E-state index in [0.29, 0.717) is 11.3 Å². The van der Waals surface area contributed by atoms with Gasteiger partial charge in [-0.15, -0.1) is 6.42 Å². The lowest BCUT2D eigenvalue weighted by Gasteiger charge is -2.19. The predicted molar refractivity (Wildman–Crippen MR) is 97.5 cm³/mol. The molecule has 1 aromatic carbocycles. The van der Waals surface area contributed by atoms with Gasteiger partial charge in [0.05, 0.1) is 5.92 Å². The van der Waals surface area contributed by atoms with Crippen molar-refractivity contribution in [2.24, 2.45) is 11.7 Å². The van der Waals surface area contributed by atoms with Crippen LogP contribution in [0.4, 0.5) is 5.69 Å². The first-order chi connectivity index (χ1) is 12.3. The second-order valence-corrected chi connectivity index (χ2v) is 5.60. The predicted octanol–water partition coefficient (Wildman–Crippen LogP) is 0.918. The van der Waals surface area contributed by atoms with Gasteiger partial charge in [-0.05, 0) is 30.7 Å². The van der Waals surface area contributed by atoms with E-state index in [4.69, 9.17) is 22.7 Å². The van der Waals surface area contributed by atoms with Gasteiger partial charge >= 0.3 is 5.97 Å². The Morgan fingerprint density at radius 1 is 1.23 bits per heavy atom. The van der Waals surface area contributed by atoms with Crippen LogP contribution in [0.15, 0.2) is 24.3 Å². The van der Waals surface area contributed by atoms with Gasteiger partial charge in [0.1, 0.15) is 11.9 Å². The molecule has 0 aromatic heterocycles. The van der Waals surface area contributed by atoms with Crippen molar-refractivity contribution in [3.05, 3.63) is 29.8 Å². The maximum absolute atomic E-state index is 11.9. The number of rotatable bonds is 9. The summed E-state index contributed by atoms with van der Waals surface area (Å²) in [6.07, 6.45) is 5.37. The first-order valence-corrected chi connectivity index (χ1v) is 8.01. The second-order valence-electron chi connectivity index (χ2n) is 5.60. The zero-order chi connectivity index (χ0) is 19.7. The van der Waals surface area contributed by atoms with Gasteiger partial charge in [0.25, 0.3) is 0 Å². The van der Waals surface area contributed by atoms with E-state index in [9.17, 15) is 14.4 Å². The quantitative estimate of drug-likeness (QED) is 0.253. The van der Waals surface area contributed by atoms with E-state index in [1.807, 2.05) is 0 Å². The number of carbonyl (C=O) groups excluding carboxylic acids is 2. The van der Waals surface area contributed by atoms with Gasteiger partial charge in [-0.3, -0.25) is 19.8 Å². The Kier molecular flexibility index (Phi) is 7.83. The largest absolute Gasteiger partial charge is 0.481 e. The van der Waals surface area contributed by atoms with E-state index in [-0.39, 0.29) is 31.0 Å². The van der Waals surface area contributed by atoms with Gasteiger partial charge in [0.15, 0.2) is 0 Å². The zero-order valence-corrected chi connectivity index (χ0v) is 14.4. The molecule has 8 heteroatoms. The Labute approximate surface area is 151 Å². The van der Waals surface area contributed by atoms with E-state index >= 15 is 0 Å². The fraction of sp³-hybridized carbons (Fsp3) is 0.333. The number of carboxylic acids is 1. The number of amidine groups is 1. The molecule has 0 heterocycles. The SMILES string of the molecule is C#C[C@@H](NC(=O)CCC(=O)Nc1ccc(C(=N)N)cc1)C(CC)C(=O)O. The minimum atomic E-state index is -1.08. The van der Waals surface area contributed by atoms with Gasteiger partial charge in [-0.1, -0.05) is 12.8 Å². The number of hydrogen-bond acceptors (Lipinski definition) is 4. The number of carboxylic acid groups (broad SMARTS) is 1. The van der Waals surface area contributed by atoms with Crippen LogP contribution in [-0.4, -0.2) is 34.8 Å². The summed E-state index contributed by atoms with van der Waals surface area (Å²) in [4.78, 5) is 34.9. The van der Waals surface area contributed by atoms with E-state index in [0.717, 1.165) is 0 Å². The van der Waals surface area contributed by atoms with Crippen LogP contribution in [0.25, 0.3) is 0 Å². The lowest BCUT2D eigenvalue weighted by atomic mass is 9.97. The minimum absolute atomic E-state index is 0.0747. The molecule has 2 atom stereocenters. The van der Waals surface area contributed by atoms with Gasteiger partial charge in [-0.25, -0.2) is 0 Å². The normalized spacial score (nSPS) is 12.3. The Bertz CT molecular complexity index is 722. The summed E-state index contributed by atoms with van der Waals surface area (Å²) >= 11 is 0. The molecule has 0 saturated carbocycles. The molecular weight excluding hydrogens is 336 g/mol. The molecule has 0 aliphatic heterocycles. The van der Waals surface area contributed by atoms with Crippen molar-refractivity contribution in [2.45, 2.75) is 32.2 Å². The maximum atomic E-state index is 11.9. The Hall–Kier alpha value is -3.34. The third-order valence-electron chi connectivity index (χ3n) is 3.71. The average molecular weight is 358 g/mol. The topological polar surface area (TPSA) is 145 Å². The Balaban J connectivity index is 2.51. The van der Waals surface area contributed by atoms with Crippen LogP contribution in [0.1, 0.15) is 31.7 Å². The van der Waals surface area contributed by atoms with Crippen molar-refractivity contribution in [1.82, 2.24) is 5.32 Å². The molecule has 2 amide bonds. The lowest BCUT2D eigenvalue weighted by Crippen LogP contribution is -2.42. The van der Waals surface area contributed by atoms with Crippen molar-refractivity contribution in [1.29, 1.82) is 5.41 Å². The molecule has 1 unspecified atom stereocenters. The monoisotopic (exact) mass is 358 g/mol. The van der Waals surface area contributed by atoms with E-state index in [1.54, 1.807) is 31.2 Å². The lowest BCUT2D eigenvalue weighted by molar-refractivity contribution is -0.142. The van der Waals surface area contributed by atoms with Crippen LogP contribution in [0.3, 0.4) is 0 Å². The summed E-state index contributed by atoms with van der Waals surface area (Å²) in [5, 5.41) is 21.5. The van der Waals surface area contributed by atoms with Crippen molar-refractivity contribution in [2.75, 3.05) is 5.32 Å². The van der Waals surface area contributed by atoms with Crippen LogP contribution in [0.5, 0.6) is 0 Å². The molecule has 0 aliphatic carbocycles. The highest BCUT2D eigenvalue weighted by atomic mass is 16.4. The molecule has 26 heavy (non-hydrogen) atoms. The van der Waals surface area contributed by atoms with Gasteiger partial charge < -0.3 is 21.5 Å². The van der Waals surface area contributed by atoms with E-state index in [2.05, 4.69) is 16.6 Å². The van der Waals surface area contributed by atoms with E-state index < -0.39 is 23.8 Å². The molecule has 138 valence electrons. The van der Waals surface area contributed by atoms with Crippen molar-refractivity contribution in [3.8, 4) is 12.3 Å². The molecular formula is C18H22N4O4. The molecule has 0 radical (unpaired) electrons.